The fourth-order valence-electron chi connectivity index (χ4n) is 3.70. The molecule has 0 aliphatic rings. The zero-order valence-corrected chi connectivity index (χ0v) is 18.3. The molecule has 1 atom stereocenters. The third kappa shape index (κ3) is 4.70. The Bertz CT molecular complexity index is 1390. The number of nitrogens with one attached hydrogen (secondary N) is 1. The first kappa shape index (κ1) is 23.2. The van der Waals surface area contributed by atoms with Crippen LogP contribution in [0.3, 0.4) is 0 Å². The number of carbonyl (C=O) groups is 1. The fourth-order valence-corrected chi connectivity index (χ4v) is 3.70. The minimum atomic E-state index is -4.44. The summed E-state index contributed by atoms with van der Waals surface area (Å²) in [4.78, 5) is 35.4. The largest absolute Gasteiger partial charge is 0.441 e. The quantitative estimate of drug-likeness (QED) is 0.407. The summed E-state index contributed by atoms with van der Waals surface area (Å²) in [5.41, 5.74) is 0.0135. The number of imidazole rings is 1. The first-order chi connectivity index (χ1) is 16.2. The van der Waals surface area contributed by atoms with Crippen molar-refractivity contribution in [3.63, 3.8) is 0 Å². The van der Waals surface area contributed by atoms with E-state index in [1.165, 1.54) is 34.8 Å². The van der Waals surface area contributed by atoms with E-state index in [0.717, 1.165) is 12.1 Å². The van der Waals surface area contributed by atoms with E-state index in [4.69, 9.17) is 4.74 Å². The van der Waals surface area contributed by atoms with Gasteiger partial charge in [0.1, 0.15) is 5.82 Å². The highest BCUT2D eigenvalue weighted by atomic mass is 19.4. The summed E-state index contributed by atoms with van der Waals surface area (Å²) >= 11 is 0. The molecule has 3 aromatic heterocycles. The number of aromatic amines is 1. The van der Waals surface area contributed by atoms with Crippen LogP contribution in [0.25, 0.3) is 22.6 Å². The van der Waals surface area contributed by atoms with Crippen LogP contribution in [-0.2, 0) is 22.3 Å². The number of H-pyrrole nitrogens is 1. The van der Waals surface area contributed by atoms with Gasteiger partial charge in [-0.05, 0) is 17.7 Å². The van der Waals surface area contributed by atoms with Gasteiger partial charge in [-0.2, -0.15) is 18.3 Å². The minimum absolute atomic E-state index is 0.0886. The van der Waals surface area contributed by atoms with E-state index in [1.807, 2.05) is 6.92 Å². The van der Waals surface area contributed by atoms with Crippen LogP contribution in [-0.4, -0.2) is 35.3 Å². The molecule has 0 aliphatic carbocycles. The van der Waals surface area contributed by atoms with Crippen LogP contribution < -0.4 is 5.56 Å². The van der Waals surface area contributed by atoms with Crippen molar-refractivity contribution in [2.24, 2.45) is 0 Å². The number of esters is 1. The Morgan fingerprint density at radius 1 is 1.29 bits per heavy atom. The number of aromatic nitrogens is 6. The van der Waals surface area contributed by atoms with Crippen LogP contribution in [0.2, 0.25) is 0 Å². The third-order valence-corrected chi connectivity index (χ3v) is 5.11. The van der Waals surface area contributed by atoms with Gasteiger partial charge in [0.15, 0.2) is 17.4 Å². The Kier molecular flexibility index (Phi) is 6.22. The third-order valence-electron chi connectivity index (χ3n) is 5.11. The number of benzene rings is 1. The van der Waals surface area contributed by atoms with Crippen LogP contribution in [0.15, 0.2) is 47.8 Å². The molecule has 0 saturated heterocycles. The van der Waals surface area contributed by atoms with E-state index in [2.05, 4.69) is 20.1 Å². The number of hydrogen-bond donors (Lipinski definition) is 1. The summed E-state index contributed by atoms with van der Waals surface area (Å²) in [5, 5.41) is 4.25. The first-order valence-electron chi connectivity index (χ1n) is 10.5. The van der Waals surface area contributed by atoms with Gasteiger partial charge in [-0.25, -0.2) is 9.97 Å². The Morgan fingerprint density at radius 3 is 2.79 bits per heavy atom. The second-order valence-corrected chi connectivity index (χ2v) is 7.69. The van der Waals surface area contributed by atoms with Crippen molar-refractivity contribution in [3.8, 4) is 11.4 Å². The summed E-state index contributed by atoms with van der Waals surface area (Å²) < 4.78 is 47.6. The normalized spacial score (nSPS) is 12.7. The average molecular weight is 474 g/mol. The van der Waals surface area contributed by atoms with Gasteiger partial charge in [0.2, 0.25) is 0 Å². The molecule has 0 amide bonds. The van der Waals surface area contributed by atoms with Gasteiger partial charge >= 0.3 is 12.1 Å². The number of halogens is 3. The summed E-state index contributed by atoms with van der Waals surface area (Å²) in [6.45, 7) is 3.27. The molecular formula is C22H21F3N6O3. The zero-order chi connectivity index (χ0) is 24.5. The van der Waals surface area contributed by atoms with E-state index in [-0.39, 0.29) is 17.7 Å². The van der Waals surface area contributed by atoms with E-state index < -0.39 is 29.5 Å². The number of carbonyl (C=O) groups excluding carboxylic acids is 1. The minimum Gasteiger partial charge on any atom is -0.441 e. The van der Waals surface area contributed by atoms with Crippen molar-refractivity contribution < 1.29 is 22.7 Å². The lowest BCUT2D eigenvalue weighted by Crippen LogP contribution is -2.20. The number of fused-ring (bicyclic) bond motifs is 1. The van der Waals surface area contributed by atoms with Crippen LogP contribution in [0, 0.1) is 0 Å². The fraction of sp³-hybridized carbons (Fsp3) is 0.318. The maximum atomic E-state index is 13.0. The van der Waals surface area contributed by atoms with Crippen LogP contribution in [0.4, 0.5) is 13.2 Å². The highest BCUT2D eigenvalue weighted by Crippen LogP contribution is 2.31. The molecular weight excluding hydrogens is 453 g/mol. The van der Waals surface area contributed by atoms with E-state index >= 15 is 0 Å². The maximum Gasteiger partial charge on any atom is 0.416 e. The van der Waals surface area contributed by atoms with Crippen LogP contribution in [0.5, 0.6) is 0 Å². The van der Waals surface area contributed by atoms with Crippen molar-refractivity contribution in [2.45, 2.75) is 45.6 Å². The molecule has 0 fully saturated rings. The summed E-state index contributed by atoms with van der Waals surface area (Å²) in [5.74, 6) is -0.221. The molecule has 0 spiro atoms. The van der Waals surface area contributed by atoms with Crippen LogP contribution in [0.1, 0.15) is 44.0 Å². The van der Waals surface area contributed by atoms with Crippen molar-refractivity contribution >= 4 is 17.1 Å². The second-order valence-electron chi connectivity index (χ2n) is 7.69. The maximum absolute atomic E-state index is 13.0. The van der Waals surface area contributed by atoms with Gasteiger partial charge in [0, 0.05) is 19.5 Å². The van der Waals surface area contributed by atoms with Gasteiger partial charge in [0.25, 0.3) is 5.56 Å². The number of hydrogen-bond acceptors (Lipinski definition) is 6. The van der Waals surface area contributed by atoms with Crippen molar-refractivity contribution in [1.82, 2.24) is 29.3 Å². The molecule has 12 heteroatoms. The van der Waals surface area contributed by atoms with Gasteiger partial charge in [0.05, 0.1) is 30.2 Å². The van der Waals surface area contributed by atoms with Crippen molar-refractivity contribution in [3.05, 3.63) is 64.5 Å². The monoisotopic (exact) mass is 474 g/mol. The topological polar surface area (TPSA) is 108 Å². The lowest BCUT2D eigenvalue weighted by molar-refractivity contribution is -0.151. The molecule has 0 saturated carbocycles. The molecule has 1 aromatic carbocycles. The van der Waals surface area contributed by atoms with Gasteiger partial charge in [-0.3, -0.25) is 18.8 Å². The Morgan fingerprint density at radius 2 is 2.09 bits per heavy atom. The Labute approximate surface area is 191 Å². The summed E-state index contributed by atoms with van der Waals surface area (Å²) in [7, 11) is 0. The smallest absolute Gasteiger partial charge is 0.416 e. The number of nitrogens with zero attached hydrogens (tertiary/aromatic N) is 5. The number of rotatable bonds is 7. The molecule has 3 heterocycles. The van der Waals surface area contributed by atoms with Crippen LogP contribution >= 0.6 is 0 Å². The average Bonchev–Trinajstić information content (AvgIpc) is 3.38. The van der Waals surface area contributed by atoms with E-state index in [1.54, 1.807) is 12.3 Å². The predicted octanol–water partition coefficient (Wildman–Crippen LogP) is 3.91. The standard InChI is InChI=1S/C22H21F3N6O3/c1-3-5-17(34-13(2)32)31-18-19(26-12-27-21(18)33)29-20(31)15-9-28-30(11-15)10-14-6-4-7-16(8-14)22(23,24)25/h4,6-9,11-12,17H,3,5,10H2,1-2H3,(H,26,27,33). The molecule has 4 aromatic rings. The molecule has 0 radical (unpaired) electrons. The molecule has 4 rings (SSSR count). The van der Waals surface area contributed by atoms with Gasteiger partial charge in [-0.1, -0.05) is 25.5 Å². The lowest BCUT2D eigenvalue weighted by Gasteiger charge is -2.20. The highest BCUT2D eigenvalue weighted by Gasteiger charge is 2.30. The predicted molar refractivity (Wildman–Crippen MR) is 116 cm³/mol. The highest BCUT2D eigenvalue weighted by molar-refractivity contribution is 5.76. The SMILES string of the molecule is CCCC(OC(C)=O)n1c(-c2cnn(Cc3cccc(C(F)(F)F)c3)c2)nc2nc[nH]c(=O)c21. The zero-order valence-electron chi connectivity index (χ0n) is 18.3. The summed E-state index contributed by atoms with van der Waals surface area (Å²) in [6.07, 6.45) is 0.137. The van der Waals surface area contributed by atoms with Gasteiger partial charge in [-0.15, -0.1) is 0 Å². The molecule has 9 nitrogen and oxygen atoms in total. The van der Waals surface area contributed by atoms with E-state index in [9.17, 15) is 22.8 Å². The van der Waals surface area contributed by atoms with Crippen molar-refractivity contribution in [2.75, 3.05) is 0 Å². The molecule has 1 N–H and O–H groups in total. The van der Waals surface area contributed by atoms with Crippen molar-refractivity contribution in [1.29, 1.82) is 0 Å². The van der Waals surface area contributed by atoms with E-state index in [0.29, 0.717) is 29.8 Å². The second kappa shape index (κ2) is 9.12. The Balaban J connectivity index is 1.76. The molecule has 0 aliphatic heterocycles. The molecule has 178 valence electrons. The molecule has 1 unspecified atom stereocenters. The molecule has 34 heavy (non-hydrogen) atoms. The Hall–Kier alpha value is -3.96. The lowest BCUT2D eigenvalue weighted by atomic mass is 10.1. The number of ether oxygens (including phenoxy) is 1. The molecule has 0 bridgehead atoms. The first-order valence-corrected chi connectivity index (χ1v) is 10.5. The summed E-state index contributed by atoms with van der Waals surface area (Å²) in [6, 6.07) is 4.99. The number of alkyl halides is 3. The van der Waals surface area contributed by atoms with Gasteiger partial charge < -0.3 is 9.72 Å².